The van der Waals surface area contributed by atoms with E-state index in [1.54, 1.807) is 0 Å². The Kier molecular flexibility index (Phi) is 1.90. The smallest absolute Gasteiger partial charge is 0.00450 e. The third kappa shape index (κ3) is 1.57. The van der Waals surface area contributed by atoms with E-state index in [0.29, 0.717) is 6.04 Å². The molecule has 2 rings (SSSR count). The first kappa shape index (κ1) is 7.56. The van der Waals surface area contributed by atoms with E-state index in [-0.39, 0.29) is 0 Å². The summed E-state index contributed by atoms with van der Waals surface area (Å²) in [4.78, 5) is 2.46. The van der Waals surface area contributed by atoms with E-state index in [4.69, 9.17) is 5.73 Å². The average molecular weight is 154 g/mol. The maximum Gasteiger partial charge on any atom is 0.00450 e. The van der Waals surface area contributed by atoms with Crippen molar-refractivity contribution in [2.45, 2.75) is 25.3 Å². The first-order valence-electron chi connectivity index (χ1n) is 4.68. The highest BCUT2D eigenvalue weighted by Crippen LogP contribution is 2.32. The van der Waals surface area contributed by atoms with Gasteiger partial charge in [-0.1, -0.05) is 0 Å². The number of hydrogen-bond acceptors (Lipinski definition) is 2. The Balaban J connectivity index is 2.00. The standard InChI is InChI=1S/C9H18N2/c1-11-5-7-2-8(6-11)4-9(10)3-7/h7-9H,2-6,10H2,1H3. The van der Waals surface area contributed by atoms with Crippen LogP contribution in [0.15, 0.2) is 0 Å². The van der Waals surface area contributed by atoms with Gasteiger partial charge in [-0.05, 0) is 38.1 Å². The lowest BCUT2D eigenvalue weighted by Gasteiger charge is -2.42. The van der Waals surface area contributed by atoms with Gasteiger partial charge in [-0.25, -0.2) is 0 Å². The largest absolute Gasteiger partial charge is 0.328 e. The highest BCUT2D eigenvalue weighted by Gasteiger charge is 2.32. The van der Waals surface area contributed by atoms with Crippen LogP contribution < -0.4 is 5.73 Å². The van der Waals surface area contributed by atoms with E-state index in [2.05, 4.69) is 11.9 Å². The minimum Gasteiger partial charge on any atom is -0.328 e. The van der Waals surface area contributed by atoms with Crippen molar-refractivity contribution in [2.24, 2.45) is 17.6 Å². The fourth-order valence-corrected chi connectivity index (χ4v) is 2.87. The summed E-state index contributed by atoms with van der Waals surface area (Å²) in [5.74, 6) is 1.81. The van der Waals surface area contributed by atoms with Crippen molar-refractivity contribution >= 4 is 0 Å². The number of piperidine rings is 1. The van der Waals surface area contributed by atoms with Crippen LogP contribution in [0.4, 0.5) is 0 Å². The molecule has 2 heteroatoms. The van der Waals surface area contributed by atoms with Gasteiger partial charge in [0, 0.05) is 19.1 Å². The molecule has 0 aromatic carbocycles. The van der Waals surface area contributed by atoms with Crippen molar-refractivity contribution in [2.75, 3.05) is 20.1 Å². The molecular weight excluding hydrogens is 136 g/mol. The van der Waals surface area contributed by atoms with E-state index < -0.39 is 0 Å². The van der Waals surface area contributed by atoms with Gasteiger partial charge in [0.15, 0.2) is 0 Å². The number of rotatable bonds is 0. The van der Waals surface area contributed by atoms with Crippen LogP contribution in [-0.4, -0.2) is 31.1 Å². The van der Waals surface area contributed by atoms with Gasteiger partial charge in [0.05, 0.1) is 0 Å². The SMILES string of the molecule is CN1CC2CC(N)CC(C2)C1. The van der Waals surface area contributed by atoms with Crippen LogP contribution in [0.3, 0.4) is 0 Å². The molecule has 2 N–H and O–H groups in total. The van der Waals surface area contributed by atoms with Crippen LogP contribution in [0.1, 0.15) is 19.3 Å². The molecule has 0 aromatic heterocycles. The van der Waals surface area contributed by atoms with Gasteiger partial charge in [0.1, 0.15) is 0 Å². The van der Waals surface area contributed by atoms with Gasteiger partial charge in [0.25, 0.3) is 0 Å². The van der Waals surface area contributed by atoms with E-state index in [9.17, 15) is 0 Å². The highest BCUT2D eigenvalue weighted by molar-refractivity contribution is 4.87. The zero-order valence-electron chi connectivity index (χ0n) is 7.29. The predicted molar refractivity (Wildman–Crippen MR) is 46.3 cm³/mol. The number of nitrogens with two attached hydrogens (primary N) is 1. The van der Waals surface area contributed by atoms with Gasteiger partial charge in [-0.15, -0.1) is 0 Å². The second-order valence-electron chi connectivity index (χ2n) is 4.42. The average Bonchev–Trinajstić information content (AvgIpc) is 1.82. The fraction of sp³-hybridized carbons (Fsp3) is 1.00. The number of nitrogens with zero attached hydrogens (tertiary/aromatic N) is 1. The van der Waals surface area contributed by atoms with Crippen LogP contribution in [0.5, 0.6) is 0 Å². The highest BCUT2D eigenvalue weighted by atomic mass is 15.1. The summed E-state index contributed by atoms with van der Waals surface area (Å²) in [6.07, 6.45) is 3.97. The van der Waals surface area contributed by atoms with Crippen molar-refractivity contribution in [3.05, 3.63) is 0 Å². The molecule has 64 valence electrons. The van der Waals surface area contributed by atoms with Crippen molar-refractivity contribution < 1.29 is 0 Å². The summed E-state index contributed by atoms with van der Waals surface area (Å²) in [7, 11) is 2.23. The van der Waals surface area contributed by atoms with E-state index in [0.717, 1.165) is 11.8 Å². The third-order valence-electron chi connectivity index (χ3n) is 3.08. The maximum absolute atomic E-state index is 5.95. The minimum atomic E-state index is 0.507. The van der Waals surface area contributed by atoms with Gasteiger partial charge >= 0.3 is 0 Å². The summed E-state index contributed by atoms with van der Waals surface area (Å²) in [6, 6.07) is 0.507. The quantitative estimate of drug-likeness (QED) is 0.556. The van der Waals surface area contributed by atoms with Crippen LogP contribution >= 0.6 is 0 Å². The van der Waals surface area contributed by atoms with E-state index >= 15 is 0 Å². The zero-order chi connectivity index (χ0) is 7.84. The first-order valence-corrected chi connectivity index (χ1v) is 4.68. The maximum atomic E-state index is 5.95. The van der Waals surface area contributed by atoms with Crippen molar-refractivity contribution in [1.29, 1.82) is 0 Å². The number of hydrogen-bond donors (Lipinski definition) is 1. The molecule has 1 heterocycles. The van der Waals surface area contributed by atoms with E-state index in [1.165, 1.54) is 32.4 Å². The molecule has 2 atom stereocenters. The lowest BCUT2D eigenvalue weighted by atomic mass is 9.76. The summed E-state index contributed by atoms with van der Waals surface area (Å²) in [6.45, 7) is 2.56. The molecule has 0 aromatic rings. The van der Waals surface area contributed by atoms with Gasteiger partial charge < -0.3 is 10.6 Å². The summed E-state index contributed by atoms with van der Waals surface area (Å²) in [5, 5.41) is 0. The molecule has 0 spiro atoms. The van der Waals surface area contributed by atoms with Crippen LogP contribution in [0.25, 0.3) is 0 Å². The van der Waals surface area contributed by atoms with Crippen LogP contribution in [-0.2, 0) is 0 Å². The second-order valence-corrected chi connectivity index (χ2v) is 4.42. The Morgan fingerprint density at radius 3 is 2.18 bits per heavy atom. The first-order chi connectivity index (χ1) is 5.24. The Bertz CT molecular complexity index is 113. The van der Waals surface area contributed by atoms with Gasteiger partial charge in [-0.2, -0.15) is 0 Å². The molecular formula is C9H18N2. The molecule has 11 heavy (non-hydrogen) atoms. The molecule has 2 fully saturated rings. The van der Waals surface area contributed by atoms with Gasteiger partial charge in [0.2, 0.25) is 0 Å². The molecule has 1 saturated heterocycles. The Morgan fingerprint density at radius 2 is 1.64 bits per heavy atom. The molecule has 2 aliphatic rings. The fourth-order valence-electron chi connectivity index (χ4n) is 2.87. The summed E-state index contributed by atoms with van der Waals surface area (Å²) < 4.78 is 0. The Morgan fingerprint density at radius 1 is 1.09 bits per heavy atom. The monoisotopic (exact) mass is 154 g/mol. The molecule has 2 nitrogen and oxygen atoms in total. The second kappa shape index (κ2) is 2.76. The molecule has 1 saturated carbocycles. The number of likely N-dealkylation sites (tertiary alicyclic amines) is 1. The molecule has 2 unspecified atom stereocenters. The van der Waals surface area contributed by atoms with Crippen molar-refractivity contribution in [3.63, 3.8) is 0 Å². The predicted octanol–water partition coefficient (Wildman–Crippen LogP) is 0.675. The molecule has 1 aliphatic heterocycles. The number of fused-ring (bicyclic) bond motifs is 2. The Labute approximate surface area is 68.7 Å². The van der Waals surface area contributed by atoms with Crippen LogP contribution in [0, 0.1) is 11.8 Å². The molecule has 1 aliphatic carbocycles. The van der Waals surface area contributed by atoms with Crippen molar-refractivity contribution in [3.8, 4) is 0 Å². The van der Waals surface area contributed by atoms with E-state index in [1.807, 2.05) is 0 Å². The Hall–Kier alpha value is -0.0800. The third-order valence-corrected chi connectivity index (χ3v) is 3.08. The normalized spacial score (nSPS) is 45.8. The summed E-state index contributed by atoms with van der Waals surface area (Å²) >= 11 is 0. The van der Waals surface area contributed by atoms with Crippen molar-refractivity contribution in [1.82, 2.24) is 4.90 Å². The van der Waals surface area contributed by atoms with Crippen LogP contribution in [0.2, 0.25) is 0 Å². The summed E-state index contributed by atoms with van der Waals surface area (Å²) in [5.41, 5.74) is 5.95. The molecule has 0 radical (unpaired) electrons. The lowest BCUT2D eigenvalue weighted by Crippen LogP contribution is -2.46. The van der Waals surface area contributed by atoms with Gasteiger partial charge in [-0.3, -0.25) is 0 Å². The lowest BCUT2D eigenvalue weighted by molar-refractivity contribution is 0.0962. The zero-order valence-corrected chi connectivity index (χ0v) is 7.29. The molecule has 0 amide bonds. The molecule has 2 bridgehead atoms. The topological polar surface area (TPSA) is 29.3 Å². The minimum absolute atomic E-state index is 0.507.